The van der Waals surface area contributed by atoms with Gasteiger partial charge in [0.05, 0.1) is 5.25 Å². The van der Waals surface area contributed by atoms with Crippen molar-refractivity contribution < 1.29 is 8.42 Å². The number of aromatic nitrogens is 1. The Morgan fingerprint density at radius 2 is 1.83 bits per heavy atom. The number of fused-ring (bicyclic) bond motifs is 2. The normalized spacial score (nSPS) is 30.8. The number of sulfone groups is 1. The first-order chi connectivity index (χ1) is 8.16. The number of nitrogens with zero attached hydrogens (tertiary/aromatic N) is 1. The molecule has 3 heterocycles. The Morgan fingerprint density at radius 3 is 2.39 bits per heavy atom. The number of hydrogen-bond acceptors (Lipinski definition) is 4. The highest BCUT2D eigenvalue weighted by atomic mass is 35.5. The molecule has 4 nitrogen and oxygen atoms in total. The minimum atomic E-state index is -3.24. The predicted molar refractivity (Wildman–Crippen MR) is 71.6 cm³/mol. The van der Waals surface area contributed by atoms with Crippen molar-refractivity contribution in [2.45, 2.75) is 48.0 Å². The first kappa shape index (κ1) is 13.8. The third kappa shape index (κ3) is 2.39. The summed E-state index contributed by atoms with van der Waals surface area (Å²) in [5.74, 6) is 0. The van der Waals surface area contributed by atoms with Crippen molar-refractivity contribution in [2.24, 2.45) is 0 Å². The summed E-state index contributed by atoms with van der Waals surface area (Å²) < 4.78 is 24.8. The van der Waals surface area contributed by atoms with E-state index in [1.807, 2.05) is 0 Å². The molecule has 3 atom stereocenters. The van der Waals surface area contributed by atoms with Gasteiger partial charge in [-0.05, 0) is 37.8 Å². The standard InChI is InChI=1S/C12H16N2O2S.ClH/c15-17(16,12-3-1-2-6-13-12)11-7-9-4-5-10(8-11)14-9;/h1-3,6,9-11,14H,4-5,7-8H2;1H/t9-,10+,11?;. The molecule has 1 N–H and O–H groups in total. The van der Waals surface area contributed by atoms with Gasteiger partial charge in [0.2, 0.25) is 0 Å². The lowest BCUT2D eigenvalue weighted by molar-refractivity contribution is 0.400. The van der Waals surface area contributed by atoms with Gasteiger partial charge in [0, 0.05) is 18.3 Å². The van der Waals surface area contributed by atoms with E-state index in [-0.39, 0.29) is 22.7 Å². The summed E-state index contributed by atoms with van der Waals surface area (Å²) in [6.45, 7) is 0. The molecule has 0 amide bonds. The summed E-state index contributed by atoms with van der Waals surface area (Å²) in [6.07, 6.45) is 5.23. The Hall–Kier alpha value is -0.650. The lowest BCUT2D eigenvalue weighted by Crippen LogP contribution is -2.43. The Labute approximate surface area is 114 Å². The van der Waals surface area contributed by atoms with Crippen LogP contribution in [0, 0.1) is 0 Å². The van der Waals surface area contributed by atoms with Gasteiger partial charge in [-0.3, -0.25) is 0 Å². The molecule has 0 saturated carbocycles. The molecule has 18 heavy (non-hydrogen) atoms. The predicted octanol–water partition coefficient (Wildman–Crippen LogP) is 1.56. The van der Waals surface area contributed by atoms with Gasteiger partial charge in [-0.15, -0.1) is 12.4 Å². The van der Waals surface area contributed by atoms with Gasteiger partial charge in [-0.2, -0.15) is 0 Å². The van der Waals surface area contributed by atoms with Gasteiger partial charge in [0.1, 0.15) is 0 Å². The van der Waals surface area contributed by atoms with E-state index in [0.717, 1.165) is 25.7 Å². The van der Waals surface area contributed by atoms with Crippen molar-refractivity contribution in [1.82, 2.24) is 10.3 Å². The topological polar surface area (TPSA) is 59.1 Å². The fourth-order valence-corrected chi connectivity index (χ4v) is 4.73. The molecule has 0 spiro atoms. The number of rotatable bonds is 2. The average molecular weight is 289 g/mol. The van der Waals surface area contributed by atoms with Crippen LogP contribution in [-0.2, 0) is 9.84 Å². The summed E-state index contributed by atoms with van der Waals surface area (Å²) in [6, 6.07) is 5.84. The van der Waals surface area contributed by atoms with Crippen LogP contribution >= 0.6 is 12.4 Å². The first-order valence-corrected chi connectivity index (χ1v) is 7.62. The van der Waals surface area contributed by atoms with Crippen molar-refractivity contribution >= 4 is 22.2 Å². The van der Waals surface area contributed by atoms with Crippen LogP contribution in [0.25, 0.3) is 0 Å². The van der Waals surface area contributed by atoms with E-state index in [0.29, 0.717) is 12.1 Å². The number of nitrogens with one attached hydrogen (secondary N) is 1. The minimum absolute atomic E-state index is 0. The summed E-state index contributed by atoms with van der Waals surface area (Å²) in [7, 11) is -3.24. The van der Waals surface area contributed by atoms with E-state index >= 15 is 0 Å². The van der Waals surface area contributed by atoms with Crippen LogP contribution in [0.3, 0.4) is 0 Å². The van der Waals surface area contributed by atoms with E-state index in [4.69, 9.17) is 0 Å². The van der Waals surface area contributed by atoms with Crippen LogP contribution in [0.5, 0.6) is 0 Å². The van der Waals surface area contributed by atoms with E-state index in [1.165, 1.54) is 0 Å². The largest absolute Gasteiger partial charge is 0.311 e. The summed E-state index contributed by atoms with van der Waals surface area (Å²) in [4.78, 5) is 3.99. The van der Waals surface area contributed by atoms with Crippen LogP contribution in [0.1, 0.15) is 25.7 Å². The molecule has 6 heteroatoms. The number of hydrogen-bond donors (Lipinski definition) is 1. The molecule has 2 aliphatic heterocycles. The fourth-order valence-electron chi connectivity index (χ4n) is 2.94. The van der Waals surface area contributed by atoms with Crippen molar-refractivity contribution in [3.05, 3.63) is 24.4 Å². The smallest absolute Gasteiger partial charge is 0.198 e. The first-order valence-electron chi connectivity index (χ1n) is 6.07. The highest BCUT2D eigenvalue weighted by Crippen LogP contribution is 2.32. The van der Waals surface area contributed by atoms with Crippen molar-refractivity contribution in [2.75, 3.05) is 0 Å². The second kappa shape index (κ2) is 5.15. The van der Waals surface area contributed by atoms with E-state index < -0.39 is 9.84 Å². The monoisotopic (exact) mass is 288 g/mol. The maximum atomic E-state index is 12.4. The van der Waals surface area contributed by atoms with E-state index in [2.05, 4.69) is 10.3 Å². The highest BCUT2D eigenvalue weighted by molar-refractivity contribution is 7.92. The zero-order chi connectivity index (χ0) is 11.9. The highest BCUT2D eigenvalue weighted by Gasteiger charge is 2.40. The lowest BCUT2D eigenvalue weighted by atomic mass is 10.1. The molecule has 0 aliphatic carbocycles. The Kier molecular flexibility index (Phi) is 3.94. The fraction of sp³-hybridized carbons (Fsp3) is 0.583. The van der Waals surface area contributed by atoms with Gasteiger partial charge in [-0.25, -0.2) is 13.4 Å². The molecule has 0 aromatic carbocycles. The SMILES string of the molecule is Cl.O=S(=O)(c1ccccn1)C1C[C@H]2CC[C@@H](C1)N2. The van der Waals surface area contributed by atoms with Gasteiger partial charge in [0.15, 0.2) is 14.9 Å². The van der Waals surface area contributed by atoms with Crippen molar-refractivity contribution in [1.29, 1.82) is 0 Å². The molecule has 2 fully saturated rings. The second-order valence-electron chi connectivity index (χ2n) is 4.94. The Balaban J connectivity index is 0.00000120. The summed E-state index contributed by atoms with van der Waals surface area (Å²) >= 11 is 0. The molecule has 100 valence electrons. The van der Waals surface area contributed by atoms with E-state index in [9.17, 15) is 8.42 Å². The van der Waals surface area contributed by atoms with Crippen molar-refractivity contribution in [3.63, 3.8) is 0 Å². The molecular formula is C12H17ClN2O2S. The zero-order valence-corrected chi connectivity index (χ0v) is 11.6. The van der Waals surface area contributed by atoms with Crippen molar-refractivity contribution in [3.8, 4) is 0 Å². The molecule has 2 aliphatic rings. The quantitative estimate of drug-likeness (QED) is 0.897. The van der Waals surface area contributed by atoms with Crippen LogP contribution < -0.4 is 5.32 Å². The van der Waals surface area contributed by atoms with E-state index in [1.54, 1.807) is 24.4 Å². The molecule has 0 radical (unpaired) electrons. The van der Waals surface area contributed by atoms with Crippen LogP contribution in [0.4, 0.5) is 0 Å². The van der Waals surface area contributed by atoms with Crippen LogP contribution in [0.15, 0.2) is 29.4 Å². The number of pyridine rings is 1. The number of piperidine rings is 1. The Bertz CT molecular complexity index is 494. The molecule has 2 saturated heterocycles. The third-order valence-electron chi connectivity index (χ3n) is 3.80. The molecule has 1 aromatic rings. The van der Waals surface area contributed by atoms with Gasteiger partial charge >= 0.3 is 0 Å². The second-order valence-corrected chi connectivity index (χ2v) is 7.12. The van der Waals surface area contributed by atoms with Crippen LogP contribution in [0.2, 0.25) is 0 Å². The molecule has 1 aromatic heterocycles. The zero-order valence-electron chi connectivity index (χ0n) is 9.95. The summed E-state index contributed by atoms with van der Waals surface area (Å²) in [5, 5.41) is 3.43. The maximum absolute atomic E-state index is 12.4. The number of halogens is 1. The molecule has 2 bridgehead atoms. The minimum Gasteiger partial charge on any atom is -0.311 e. The Morgan fingerprint density at radius 1 is 1.17 bits per heavy atom. The van der Waals surface area contributed by atoms with Crippen LogP contribution in [-0.4, -0.2) is 30.7 Å². The van der Waals surface area contributed by atoms with Gasteiger partial charge in [0.25, 0.3) is 0 Å². The molecule has 3 rings (SSSR count). The maximum Gasteiger partial charge on any atom is 0.198 e. The summed E-state index contributed by atoms with van der Waals surface area (Å²) in [5.41, 5.74) is 0. The van der Waals surface area contributed by atoms with Gasteiger partial charge < -0.3 is 5.32 Å². The molecule has 1 unspecified atom stereocenters. The lowest BCUT2D eigenvalue weighted by Gasteiger charge is -2.28. The average Bonchev–Trinajstić information content (AvgIpc) is 2.69. The molecular weight excluding hydrogens is 272 g/mol. The van der Waals surface area contributed by atoms with Gasteiger partial charge in [-0.1, -0.05) is 6.07 Å². The third-order valence-corrected chi connectivity index (χ3v) is 5.88.